The number of allylic oxidation sites excluding steroid dienone is 1. The molecule has 0 atom stereocenters. The molecular weight excluding hydrogens is 256 g/mol. The van der Waals surface area contributed by atoms with E-state index < -0.39 is 0 Å². The highest BCUT2D eigenvalue weighted by Gasteiger charge is 2.24. The summed E-state index contributed by atoms with van der Waals surface area (Å²) in [5, 5.41) is 28.8. The lowest BCUT2D eigenvalue weighted by atomic mass is 10.0. The number of aromatic hydroxyl groups is 2. The van der Waals surface area contributed by atoms with Crippen molar-refractivity contribution >= 4 is 17.1 Å². The Morgan fingerprint density at radius 2 is 1.95 bits per heavy atom. The Morgan fingerprint density at radius 1 is 1.10 bits per heavy atom. The van der Waals surface area contributed by atoms with Gasteiger partial charge in [0.05, 0.1) is 0 Å². The molecular formula is C14H12N4O2. The monoisotopic (exact) mass is 268 g/mol. The summed E-state index contributed by atoms with van der Waals surface area (Å²) < 4.78 is 1.29. The van der Waals surface area contributed by atoms with Crippen molar-refractivity contribution in [2.24, 2.45) is 0 Å². The topological polar surface area (TPSA) is 76.1 Å². The van der Waals surface area contributed by atoms with Crippen LogP contribution in [0.4, 0.5) is 0 Å². The van der Waals surface area contributed by atoms with Gasteiger partial charge in [-0.15, -0.1) is 9.89 Å². The largest absolute Gasteiger partial charge is 0.493 e. The van der Waals surface area contributed by atoms with E-state index in [0.717, 1.165) is 17.5 Å². The van der Waals surface area contributed by atoms with Crippen molar-refractivity contribution in [2.45, 2.75) is 12.8 Å². The fourth-order valence-electron chi connectivity index (χ4n) is 2.63. The van der Waals surface area contributed by atoms with Crippen molar-refractivity contribution in [3.8, 4) is 11.8 Å². The third kappa shape index (κ3) is 1.33. The Hall–Kier alpha value is -2.76. The molecule has 0 radical (unpaired) electrons. The molecule has 2 N–H and O–H groups in total. The quantitative estimate of drug-likeness (QED) is 0.707. The smallest absolute Gasteiger partial charge is 0.223 e. The molecule has 3 aromatic rings. The first-order valence-corrected chi connectivity index (χ1v) is 6.40. The molecule has 6 heteroatoms. The van der Waals surface area contributed by atoms with Crippen LogP contribution in [0.2, 0.25) is 0 Å². The van der Waals surface area contributed by atoms with Gasteiger partial charge in [0.15, 0.2) is 0 Å². The Bertz CT molecular complexity index is 844. The van der Waals surface area contributed by atoms with Crippen LogP contribution in [0.15, 0.2) is 30.3 Å². The van der Waals surface area contributed by atoms with Gasteiger partial charge in [0, 0.05) is 11.1 Å². The van der Waals surface area contributed by atoms with Crippen LogP contribution in [0.25, 0.3) is 17.1 Å². The number of aromatic nitrogens is 4. The van der Waals surface area contributed by atoms with E-state index in [9.17, 15) is 10.2 Å². The van der Waals surface area contributed by atoms with Gasteiger partial charge in [-0.05, 0) is 30.2 Å². The van der Waals surface area contributed by atoms with E-state index in [1.165, 1.54) is 9.47 Å². The molecule has 0 unspecified atom stereocenters. The minimum atomic E-state index is -0.0240. The molecule has 6 nitrogen and oxygen atoms in total. The average molecular weight is 268 g/mol. The van der Waals surface area contributed by atoms with E-state index in [1.54, 1.807) is 0 Å². The summed E-state index contributed by atoms with van der Waals surface area (Å²) in [4.78, 5) is 1.41. The van der Waals surface area contributed by atoms with Crippen molar-refractivity contribution in [2.75, 3.05) is 0 Å². The molecule has 0 saturated heterocycles. The van der Waals surface area contributed by atoms with E-state index >= 15 is 0 Å². The molecule has 1 aliphatic rings. The second kappa shape index (κ2) is 3.86. The van der Waals surface area contributed by atoms with Crippen LogP contribution < -0.4 is 0 Å². The normalized spacial score (nSPS) is 13.8. The van der Waals surface area contributed by atoms with Gasteiger partial charge < -0.3 is 10.2 Å². The van der Waals surface area contributed by atoms with Gasteiger partial charge in [-0.3, -0.25) is 0 Å². The zero-order chi connectivity index (χ0) is 13.7. The van der Waals surface area contributed by atoms with E-state index in [1.807, 2.05) is 36.4 Å². The van der Waals surface area contributed by atoms with Crippen molar-refractivity contribution < 1.29 is 10.2 Å². The third-order valence-corrected chi connectivity index (χ3v) is 3.61. The molecule has 0 bridgehead atoms. The molecule has 20 heavy (non-hydrogen) atoms. The first-order valence-electron chi connectivity index (χ1n) is 6.40. The second-order valence-electron chi connectivity index (χ2n) is 4.76. The molecule has 1 aliphatic carbocycles. The minimum Gasteiger partial charge on any atom is -0.493 e. The Balaban J connectivity index is 2.04. The summed E-state index contributed by atoms with van der Waals surface area (Å²) in [7, 11) is 0. The summed E-state index contributed by atoms with van der Waals surface area (Å²) in [6.45, 7) is 0. The Labute approximate surface area is 114 Å². The zero-order valence-corrected chi connectivity index (χ0v) is 10.6. The number of para-hydroxylation sites is 1. The fourth-order valence-corrected chi connectivity index (χ4v) is 2.63. The standard InChI is InChI=1S/C14H12N4O2/c19-13-9-5-1-2-6-10(9)14(20)17(13)18-12-8-4-3-7-11(12)15-16-18/h1,3-5,7-8,19-20H,2,6H2. The van der Waals surface area contributed by atoms with Crippen LogP contribution in [0, 0.1) is 0 Å². The van der Waals surface area contributed by atoms with Gasteiger partial charge in [0.25, 0.3) is 0 Å². The van der Waals surface area contributed by atoms with Gasteiger partial charge in [0.1, 0.15) is 11.0 Å². The van der Waals surface area contributed by atoms with Gasteiger partial charge in [-0.25, -0.2) is 0 Å². The summed E-state index contributed by atoms with van der Waals surface area (Å²) in [5.74, 6) is -0.0124. The van der Waals surface area contributed by atoms with Crippen LogP contribution in [0.5, 0.6) is 11.8 Å². The number of hydrogen-bond donors (Lipinski definition) is 2. The molecule has 0 spiro atoms. The van der Waals surface area contributed by atoms with Crippen LogP contribution in [0.3, 0.4) is 0 Å². The highest BCUT2D eigenvalue weighted by atomic mass is 16.3. The lowest BCUT2D eigenvalue weighted by molar-refractivity contribution is 0.341. The molecule has 0 fully saturated rings. The van der Waals surface area contributed by atoms with Crippen LogP contribution in [0.1, 0.15) is 17.5 Å². The Morgan fingerprint density at radius 3 is 2.80 bits per heavy atom. The summed E-state index contributed by atoms with van der Waals surface area (Å²) in [6, 6.07) is 7.39. The fraction of sp³-hybridized carbons (Fsp3) is 0.143. The molecule has 0 aliphatic heterocycles. The number of rotatable bonds is 1. The van der Waals surface area contributed by atoms with Crippen molar-refractivity contribution in [3.63, 3.8) is 0 Å². The van der Waals surface area contributed by atoms with Crippen LogP contribution in [-0.4, -0.2) is 30.0 Å². The molecule has 0 saturated carbocycles. The zero-order valence-electron chi connectivity index (χ0n) is 10.6. The first-order chi connectivity index (χ1) is 9.77. The van der Waals surface area contributed by atoms with Crippen molar-refractivity contribution in [3.05, 3.63) is 41.5 Å². The molecule has 100 valence electrons. The maximum Gasteiger partial charge on any atom is 0.223 e. The number of benzene rings is 1. The highest BCUT2D eigenvalue weighted by Crippen LogP contribution is 2.38. The molecule has 2 heterocycles. The van der Waals surface area contributed by atoms with E-state index in [-0.39, 0.29) is 11.8 Å². The summed E-state index contributed by atoms with van der Waals surface area (Å²) in [5.41, 5.74) is 2.81. The minimum absolute atomic E-state index is 0.0116. The number of nitrogens with zero attached hydrogens (tertiary/aromatic N) is 4. The van der Waals surface area contributed by atoms with Gasteiger partial charge >= 0.3 is 0 Å². The number of fused-ring (bicyclic) bond motifs is 2. The third-order valence-electron chi connectivity index (χ3n) is 3.61. The highest BCUT2D eigenvalue weighted by molar-refractivity contribution is 5.74. The van der Waals surface area contributed by atoms with Crippen LogP contribution in [-0.2, 0) is 6.42 Å². The van der Waals surface area contributed by atoms with E-state index in [4.69, 9.17) is 0 Å². The van der Waals surface area contributed by atoms with Crippen molar-refractivity contribution in [1.82, 2.24) is 19.8 Å². The van der Waals surface area contributed by atoms with Crippen molar-refractivity contribution in [1.29, 1.82) is 0 Å². The van der Waals surface area contributed by atoms with Gasteiger partial charge in [-0.2, -0.15) is 4.68 Å². The Kier molecular flexibility index (Phi) is 2.14. The molecule has 4 rings (SSSR count). The van der Waals surface area contributed by atoms with E-state index in [2.05, 4.69) is 10.3 Å². The predicted octanol–water partition coefficient (Wildman–Crippen LogP) is 1.91. The van der Waals surface area contributed by atoms with Gasteiger partial charge in [0.2, 0.25) is 11.8 Å². The molecule has 2 aromatic heterocycles. The molecule has 0 amide bonds. The summed E-state index contributed by atoms with van der Waals surface area (Å²) >= 11 is 0. The summed E-state index contributed by atoms with van der Waals surface area (Å²) in [6.07, 6.45) is 5.35. The predicted molar refractivity (Wildman–Crippen MR) is 73.4 cm³/mol. The lowest BCUT2D eigenvalue weighted by Gasteiger charge is -2.06. The van der Waals surface area contributed by atoms with E-state index in [0.29, 0.717) is 17.5 Å². The average Bonchev–Trinajstić information content (AvgIpc) is 3.01. The van der Waals surface area contributed by atoms with Crippen LogP contribution >= 0.6 is 0 Å². The molecule has 1 aromatic carbocycles. The lowest BCUT2D eigenvalue weighted by Crippen LogP contribution is -2.10. The first kappa shape index (κ1) is 11.1. The maximum absolute atomic E-state index is 10.4. The second-order valence-corrected chi connectivity index (χ2v) is 4.76. The number of hydrogen-bond acceptors (Lipinski definition) is 4. The maximum atomic E-state index is 10.4. The SMILES string of the molecule is Oc1c2c(c(O)n1-n1nnc3ccccc31)CCC=C2. The van der Waals surface area contributed by atoms with Gasteiger partial charge in [-0.1, -0.05) is 24.3 Å².